The lowest BCUT2D eigenvalue weighted by Gasteiger charge is -2.10. The first-order valence-electron chi connectivity index (χ1n) is 9.30. The van der Waals surface area contributed by atoms with E-state index in [9.17, 15) is 4.79 Å². The molecule has 1 N–H and O–H groups in total. The zero-order valence-corrected chi connectivity index (χ0v) is 15.7. The lowest BCUT2D eigenvalue weighted by molar-refractivity contribution is 0.0233. The topological polar surface area (TPSA) is 60.5 Å². The summed E-state index contributed by atoms with van der Waals surface area (Å²) in [5, 5.41) is 2.17. The van der Waals surface area contributed by atoms with Crippen molar-refractivity contribution in [3.05, 3.63) is 108 Å². The minimum absolute atomic E-state index is 0.302. The van der Waals surface area contributed by atoms with Gasteiger partial charge in [0.25, 0.3) is 5.91 Å². The van der Waals surface area contributed by atoms with Crippen LogP contribution in [-0.4, -0.2) is 10.9 Å². The van der Waals surface area contributed by atoms with E-state index in [1.54, 1.807) is 24.4 Å². The van der Waals surface area contributed by atoms with Crippen molar-refractivity contribution in [3.63, 3.8) is 0 Å². The van der Waals surface area contributed by atoms with Gasteiger partial charge in [-0.25, -0.2) is 5.48 Å². The maximum atomic E-state index is 12.3. The maximum absolute atomic E-state index is 12.3. The third-order valence-electron chi connectivity index (χ3n) is 4.49. The highest BCUT2D eigenvalue weighted by Crippen LogP contribution is 2.20. The monoisotopic (exact) mass is 384 g/mol. The number of amides is 1. The zero-order valence-electron chi connectivity index (χ0n) is 15.7. The second-order valence-electron chi connectivity index (χ2n) is 6.54. The normalized spacial score (nSPS) is 10.6. The molecule has 4 rings (SSSR count). The van der Waals surface area contributed by atoms with Gasteiger partial charge < -0.3 is 4.74 Å². The van der Waals surface area contributed by atoms with Gasteiger partial charge in [0.1, 0.15) is 12.4 Å². The van der Waals surface area contributed by atoms with Crippen LogP contribution in [-0.2, 0) is 18.1 Å². The minimum atomic E-state index is -0.321. The molecule has 0 saturated heterocycles. The molecule has 0 unspecified atom stereocenters. The predicted octanol–water partition coefficient (Wildman–Crippen LogP) is 4.68. The first kappa shape index (κ1) is 18.7. The Labute approximate surface area is 168 Å². The number of hydrogen-bond acceptors (Lipinski definition) is 4. The third-order valence-corrected chi connectivity index (χ3v) is 4.49. The Kier molecular flexibility index (Phi) is 5.78. The second kappa shape index (κ2) is 8.99. The fourth-order valence-electron chi connectivity index (χ4n) is 3.00. The van der Waals surface area contributed by atoms with Crippen LogP contribution < -0.4 is 10.2 Å². The molecule has 1 heterocycles. The summed E-state index contributed by atoms with van der Waals surface area (Å²) >= 11 is 0. The molecule has 5 nitrogen and oxygen atoms in total. The maximum Gasteiger partial charge on any atom is 0.274 e. The van der Waals surface area contributed by atoms with E-state index in [4.69, 9.17) is 9.57 Å². The van der Waals surface area contributed by atoms with Gasteiger partial charge in [-0.15, -0.1) is 0 Å². The van der Waals surface area contributed by atoms with E-state index in [1.807, 2.05) is 66.9 Å². The molecule has 0 aliphatic heterocycles. The third kappa shape index (κ3) is 4.78. The molecular weight excluding hydrogens is 364 g/mol. The van der Waals surface area contributed by atoms with Crippen LogP contribution >= 0.6 is 0 Å². The molecule has 4 aromatic rings. The number of pyridine rings is 1. The average molecular weight is 384 g/mol. The van der Waals surface area contributed by atoms with E-state index in [1.165, 1.54) is 0 Å². The summed E-state index contributed by atoms with van der Waals surface area (Å²) in [5.74, 6) is 0.284. The smallest absolute Gasteiger partial charge is 0.274 e. The molecule has 0 saturated carbocycles. The Morgan fingerprint density at radius 1 is 0.862 bits per heavy atom. The number of aromatic nitrogens is 1. The van der Waals surface area contributed by atoms with Crippen LogP contribution in [0.5, 0.6) is 5.75 Å². The lowest BCUT2D eigenvalue weighted by Crippen LogP contribution is -2.23. The summed E-state index contributed by atoms with van der Waals surface area (Å²) in [7, 11) is 0. The summed E-state index contributed by atoms with van der Waals surface area (Å²) in [5.41, 5.74) is 4.90. The number of carbonyl (C=O) groups excluding carboxylic acids is 1. The molecule has 0 spiro atoms. The Morgan fingerprint density at radius 3 is 2.59 bits per heavy atom. The first-order valence-corrected chi connectivity index (χ1v) is 9.30. The van der Waals surface area contributed by atoms with Crippen molar-refractivity contribution < 1.29 is 14.4 Å². The fraction of sp³-hybridized carbons (Fsp3) is 0.0833. The van der Waals surface area contributed by atoms with Gasteiger partial charge in [0.15, 0.2) is 0 Å². The van der Waals surface area contributed by atoms with Crippen molar-refractivity contribution in [1.29, 1.82) is 0 Å². The fourth-order valence-corrected chi connectivity index (χ4v) is 3.00. The predicted molar refractivity (Wildman–Crippen MR) is 111 cm³/mol. The number of rotatable bonds is 7. The highest BCUT2D eigenvalue weighted by atomic mass is 16.6. The van der Waals surface area contributed by atoms with Crippen molar-refractivity contribution >= 4 is 16.7 Å². The molecule has 0 atom stereocenters. The SMILES string of the molecule is O=C(NOCc1ccccc1)c1cccc(OCc2cncc3ccccc23)c1. The molecule has 144 valence electrons. The molecular formula is C24H20N2O3. The summed E-state index contributed by atoms with van der Waals surface area (Å²) in [6.45, 7) is 0.667. The van der Waals surface area contributed by atoms with Crippen molar-refractivity contribution in [3.8, 4) is 5.75 Å². The lowest BCUT2D eigenvalue weighted by atomic mass is 10.1. The summed E-state index contributed by atoms with van der Waals surface area (Å²) in [6.07, 6.45) is 3.63. The first-order chi connectivity index (χ1) is 14.3. The Balaban J connectivity index is 1.37. The molecule has 0 aliphatic carbocycles. The van der Waals surface area contributed by atoms with Gasteiger partial charge in [-0.1, -0.05) is 60.7 Å². The van der Waals surface area contributed by atoms with Crippen LogP contribution in [0.2, 0.25) is 0 Å². The number of nitrogens with zero attached hydrogens (tertiary/aromatic N) is 1. The number of carbonyl (C=O) groups is 1. The van der Waals surface area contributed by atoms with Crippen LogP contribution in [0.1, 0.15) is 21.5 Å². The molecule has 0 bridgehead atoms. The number of nitrogens with one attached hydrogen (secondary N) is 1. The highest BCUT2D eigenvalue weighted by Gasteiger charge is 2.08. The zero-order chi connectivity index (χ0) is 19.9. The molecule has 0 radical (unpaired) electrons. The molecule has 1 aromatic heterocycles. The van der Waals surface area contributed by atoms with Crippen molar-refractivity contribution in [2.75, 3.05) is 0 Å². The van der Waals surface area contributed by atoms with E-state index < -0.39 is 0 Å². The van der Waals surface area contributed by atoms with Crippen LogP contribution in [0.25, 0.3) is 10.8 Å². The van der Waals surface area contributed by atoms with E-state index >= 15 is 0 Å². The molecule has 3 aromatic carbocycles. The van der Waals surface area contributed by atoms with E-state index in [2.05, 4.69) is 10.5 Å². The number of hydroxylamine groups is 1. The van der Waals surface area contributed by atoms with Crippen LogP contribution in [0.4, 0.5) is 0 Å². The number of hydrogen-bond donors (Lipinski definition) is 1. The highest BCUT2D eigenvalue weighted by molar-refractivity contribution is 5.93. The largest absolute Gasteiger partial charge is 0.489 e. The quantitative estimate of drug-likeness (QED) is 0.470. The Morgan fingerprint density at radius 2 is 1.69 bits per heavy atom. The van der Waals surface area contributed by atoms with Gasteiger partial charge in [0.05, 0.1) is 6.61 Å². The van der Waals surface area contributed by atoms with Crippen LogP contribution in [0, 0.1) is 0 Å². The van der Waals surface area contributed by atoms with E-state index in [0.717, 1.165) is 21.9 Å². The van der Waals surface area contributed by atoms with Crippen molar-refractivity contribution in [2.45, 2.75) is 13.2 Å². The van der Waals surface area contributed by atoms with Gasteiger partial charge in [-0.3, -0.25) is 14.6 Å². The number of ether oxygens (including phenoxy) is 1. The average Bonchev–Trinajstić information content (AvgIpc) is 2.78. The molecule has 1 amide bonds. The van der Waals surface area contributed by atoms with Crippen molar-refractivity contribution in [2.24, 2.45) is 0 Å². The van der Waals surface area contributed by atoms with E-state index in [0.29, 0.717) is 24.5 Å². The molecule has 29 heavy (non-hydrogen) atoms. The van der Waals surface area contributed by atoms with Gasteiger partial charge in [0.2, 0.25) is 0 Å². The summed E-state index contributed by atoms with van der Waals surface area (Å²) in [4.78, 5) is 21.9. The van der Waals surface area contributed by atoms with Gasteiger partial charge >= 0.3 is 0 Å². The number of benzene rings is 3. The van der Waals surface area contributed by atoms with Crippen LogP contribution in [0.15, 0.2) is 91.3 Å². The molecule has 0 fully saturated rings. The minimum Gasteiger partial charge on any atom is -0.489 e. The molecule has 0 aliphatic rings. The van der Waals surface area contributed by atoms with Crippen molar-refractivity contribution in [1.82, 2.24) is 10.5 Å². The van der Waals surface area contributed by atoms with Gasteiger partial charge in [-0.2, -0.15) is 0 Å². The van der Waals surface area contributed by atoms with Gasteiger partial charge in [0, 0.05) is 28.9 Å². The van der Waals surface area contributed by atoms with Gasteiger partial charge in [-0.05, 0) is 29.1 Å². The standard InChI is InChI=1S/C24H20N2O3/c27-24(26-29-16-18-7-2-1-3-8-18)19-10-6-11-22(13-19)28-17-21-15-25-14-20-9-4-5-12-23(20)21/h1-15H,16-17H2,(H,26,27). The Bertz CT molecular complexity index is 1110. The Hall–Kier alpha value is -3.70. The second-order valence-corrected chi connectivity index (χ2v) is 6.54. The summed E-state index contributed by atoms with van der Waals surface area (Å²) in [6, 6.07) is 24.7. The van der Waals surface area contributed by atoms with E-state index in [-0.39, 0.29) is 5.91 Å². The van der Waals surface area contributed by atoms with Crippen LogP contribution in [0.3, 0.4) is 0 Å². The molecule has 5 heteroatoms. The summed E-state index contributed by atoms with van der Waals surface area (Å²) < 4.78 is 5.90. The number of fused-ring (bicyclic) bond motifs is 1.